The topological polar surface area (TPSA) is 99.6 Å². The minimum atomic E-state index is -0.825. The highest BCUT2D eigenvalue weighted by atomic mass is 16.8. The first-order valence-corrected chi connectivity index (χ1v) is 7.11. The van der Waals surface area contributed by atoms with E-state index in [0.717, 1.165) is 0 Å². The Labute approximate surface area is 131 Å². The molecule has 1 heterocycles. The molecule has 1 aromatic heterocycles. The summed E-state index contributed by atoms with van der Waals surface area (Å²) in [4.78, 5) is 37.1. The van der Waals surface area contributed by atoms with Gasteiger partial charge in [-0.25, -0.2) is 4.79 Å². The number of fused-ring (bicyclic) bond motifs is 1. The number of ether oxygens (including phenoxy) is 3. The summed E-state index contributed by atoms with van der Waals surface area (Å²) >= 11 is 0. The number of H-pyrrole nitrogens is 1. The number of aryl methyl sites for hydroxylation is 1. The second-order valence-corrected chi connectivity index (χ2v) is 4.79. The average molecular weight is 322 g/mol. The summed E-state index contributed by atoms with van der Waals surface area (Å²) in [5.74, 6) is 0. The van der Waals surface area contributed by atoms with E-state index in [-0.39, 0.29) is 6.61 Å². The van der Waals surface area contributed by atoms with Gasteiger partial charge in [0.1, 0.15) is 0 Å². The summed E-state index contributed by atoms with van der Waals surface area (Å²) in [7, 11) is 1.21. The summed E-state index contributed by atoms with van der Waals surface area (Å²) in [5.41, 5.74) is -0.0223. The fraction of sp³-hybridized carbons (Fsp3) is 0.400. The Hall–Kier alpha value is -2.61. The van der Waals surface area contributed by atoms with Gasteiger partial charge in [-0.3, -0.25) is 9.59 Å². The molecule has 0 aliphatic carbocycles. The standard InChI is InChI=1S/C15H18N2O6/c1-10(23-15(20)21-2)22-9-5-8-17-12-7-4-3-6-11(12)16-13(18)14(17)19/h3-4,6-7,10H,5,8-9H2,1-2H3,(H,16,18). The lowest BCUT2D eigenvalue weighted by molar-refractivity contribution is -0.108. The van der Waals surface area contributed by atoms with Crippen LogP contribution in [-0.2, 0) is 20.8 Å². The van der Waals surface area contributed by atoms with Crippen LogP contribution in [0.25, 0.3) is 11.0 Å². The number of nitrogens with one attached hydrogen (secondary N) is 1. The Bertz CT molecular complexity index is 794. The van der Waals surface area contributed by atoms with Crippen LogP contribution in [0.4, 0.5) is 4.79 Å². The van der Waals surface area contributed by atoms with Gasteiger partial charge < -0.3 is 23.8 Å². The molecule has 0 radical (unpaired) electrons. The minimum Gasteiger partial charge on any atom is -0.438 e. The predicted molar refractivity (Wildman–Crippen MR) is 82.3 cm³/mol. The molecule has 0 spiro atoms. The van der Waals surface area contributed by atoms with Crippen LogP contribution in [0.5, 0.6) is 0 Å². The number of carbonyl (C=O) groups excluding carboxylic acids is 1. The average Bonchev–Trinajstić information content (AvgIpc) is 2.54. The minimum absolute atomic E-state index is 0.256. The smallest absolute Gasteiger partial charge is 0.438 e. The molecule has 0 saturated heterocycles. The van der Waals surface area contributed by atoms with Gasteiger partial charge in [-0.2, -0.15) is 0 Å². The molecule has 23 heavy (non-hydrogen) atoms. The van der Waals surface area contributed by atoms with Crippen molar-refractivity contribution in [1.29, 1.82) is 0 Å². The predicted octanol–water partition coefficient (Wildman–Crippen LogP) is 1.23. The molecule has 1 N–H and O–H groups in total. The molecular formula is C15H18N2O6. The van der Waals surface area contributed by atoms with Crippen LogP contribution in [0.1, 0.15) is 13.3 Å². The Balaban J connectivity index is 2.00. The van der Waals surface area contributed by atoms with E-state index >= 15 is 0 Å². The molecule has 0 saturated carbocycles. The molecule has 1 unspecified atom stereocenters. The number of para-hydroxylation sites is 2. The number of carbonyl (C=O) groups is 1. The summed E-state index contributed by atoms with van der Waals surface area (Å²) in [5, 5.41) is 0. The quantitative estimate of drug-likeness (QED) is 0.371. The molecule has 0 aliphatic heterocycles. The number of benzene rings is 1. The van der Waals surface area contributed by atoms with Gasteiger partial charge in [-0.1, -0.05) is 12.1 Å². The molecule has 1 aromatic carbocycles. The third-order valence-electron chi connectivity index (χ3n) is 3.19. The van der Waals surface area contributed by atoms with Crippen molar-refractivity contribution in [2.45, 2.75) is 26.2 Å². The number of hydrogen-bond donors (Lipinski definition) is 1. The van der Waals surface area contributed by atoms with Crippen LogP contribution in [0.3, 0.4) is 0 Å². The van der Waals surface area contributed by atoms with E-state index in [0.29, 0.717) is 24.0 Å². The van der Waals surface area contributed by atoms with Crippen molar-refractivity contribution in [3.8, 4) is 0 Å². The van der Waals surface area contributed by atoms with Gasteiger partial charge in [0.25, 0.3) is 0 Å². The molecule has 0 amide bonds. The zero-order valence-corrected chi connectivity index (χ0v) is 12.9. The van der Waals surface area contributed by atoms with Crippen LogP contribution in [0.15, 0.2) is 33.9 Å². The monoisotopic (exact) mass is 322 g/mol. The summed E-state index contributed by atoms with van der Waals surface area (Å²) in [6.07, 6.45) is -1.10. The van der Waals surface area contributed by atoms with Gasteiger partial charge in [0.2, 0.25) is 6.29 Å². The van der Waals surface area contributed by atoms with Crippen molar-refractivity contribution in [3.05, 3.63) is 45.0 Å². The lowest BCUT2D eigenvalue weighted by Gasteiger charge is -2.14. The fourth-order valence-electron chi connectivity index (χ4n) is 2.13. The first kappa shape index (κ1) is 16.8. The molecule has 124 valence electrons. The van der Waals surface area contributed by atoms with Crippen LogP contribution in [-0.4, -0.2) is 35.7 Å². The third-order valence-corrected chi connectivity index (χ3v) is 3.19. The van der Waals surface area contributed by atoms with Crippen molar-refractivity contribution < 1.29 is 19.0 Å². The van der Waals surface area contributed by atoms with Crippen LogP contribution in [0.2, 0.25) is 0 Å². The van der Waals surface area contributed by atoms with Gasteiger partial charge in [-0.05, 0) is 25.5 Å². The highest BCUT2D eigenvalue weighted by Gasteiger charge is 2.10. The highest BCUT2D eigenvalue weighted by Crippen LogP contribution is 2.07. The van der Waals surface area contributed by atoms with E-state index in [1.807, 2.05) is 0 Å². The van der Waals surface area contributed by atoms with Crippen molar-refractivity contribution in [2.24, 2.45) is 0 Å². The fourth-order valence-corrected chi connectivity index (χ4v) is 2.13. The van der Waals surface area contributed by atoms with E-state index in [4.69, 9.17) is 9.47 Å². The SMILES string of the molecule is COC(=O)OC(C)OCCCn1c(=O)c(=O)[nH]c2ccccc21. The molecule has 0 aliphatic rings. The zero-order chi connectivity index (χ0) is 16.8. The maximum absolute atomic E-state index is 12.0. The Morgan fingerprint density at radius 3 is 2.78 bits per heavy atom. The van der Waals surface area contributed by atoms with Crippen molar-refractivity contribution in [2.75, 3.05) is 13.7 Å². The second-order valence-electron chi connectivity index (χ2n) is 4.79. The van der Waals surface area contributed by atoms with E-state index in [1.165, 1.54) is 11.7 Å². The van der Waals surface area contributed by atoms with Crippen LogP contribution >= 0.6 is 0 Å². The van der Waals surface area contributed by atoms with Gasteiger partial charge >= 0.3 is 17.3 Å². The van der Waals surface area contributed by atoms with Crippen LogP contribution < -0.4 is 11.1 Å². The van der Waals surface area contributed by atoms with E-state index in [9.17, 15) is 14.4 Å². The van der Waals surface area contributed by atoms with Gasteiger partial charge in [0.15, 0.2) is 0 Å². The number of aromatic amines is 1. The zero-order valence-electron chi connectivity index (χ0n) is 12.9. The van der Waals surface area contributed by atoms with E-state index < -0.39 is 23.6 Å². The summed E-state index contributed by atoms with van der Waals surface area (Å²) < 4.78 is 15.8. The lowest BCUT2D eigenvalue weighted by atomic mass is 10.3. The number of methoxy groups -OCH3 is 1. The molecule has 8 heteroatoms. The normalized spacial score (nSPS) is 12.1. The second kappa shape index (κ2) is 7.59. The Kier molecular flexibility index (Phi) is 5.53. The maximum Gasteiger partial charge on any atom is 0.510 e. The number of hydrogen-bond acceptors (Lipinski definition) is 6. The van der Waals surface area contributed by atoms with E-state index in [2.05, 4.69) is 9.72 Å². The van der Waals surface area contributed by atoms with Gasteiger partial charge in [0.05, 0.1) is 24.8 Å². The van der Waals surface area contributed by atoms with Crippen molar-refractivity contribution in [1.82, 2.24) is 9.55 Å². The van der Waals surface area contributed by atoms with Gasteiger partial charge in [-0.15, -0.1) is 0 Å². The number of nitrogens with zero attached hydrogens (tertiary/aromatic N) is 1. The summed E-state index contributed by atoms with van der Waals surface area (Å²) in [6, 6.07) is 7.06. The highest BCUT2D eigenvalue weighted by molar-refractivity contribution is 5.74. The summed E-state index contributed by atoms with van der Waals surface area (Å²) in [6.45, 7) is 2.13. The number of aromatic nitrogens is 2. The molecular weight excluding hydrogens is 304 g/mol. The molecule has 2 aromatic rings. The van der Waals surface area contributed by atoms with Crippen molar-refractivity contribution in [3.63, 3.8) is 0 Å². The first-order chi connectivity index (χ1) is 11.0. The maximum atomic E-state index is 12.0. The molecule has 8 nitrogen and oxygen atoms in total. The Morgan fingerprint density at radius 2 is 2.04 bits per heavy atom. The molecule has 0 bridgehead atoms. The Morgan fingerprint density at radius 1 is 1.30 bits per heavy atom. The number of rotatable bonds is 6. The van der Waals surface area contributed by atoms with E-state index in [1.54, 1.807) is 31.2 Å². The molecule has 1 atom stereocenters. The lowest BCUT2D eigenvalue weighted by Crippen LogP contribution is -2.36. The molecule has 2 rings (SSSR count). The first-order valence-electron chi connectivity index (χ1n) is 7.11. The largest absolute Gasteiger partial charge is 0.510 e. The third kappa shape index (κ3) is 4.19. The van der Waals surface area contributed by atoms with Crippen LogP contribution in [0, 0.1) is 0 Å². The van der Waals surface area contributed by atoms with Crippen molar-refractivity contribution >= 4 is 17.2 Å². The van der Waals surface area contributed by atoms with Gasteiger partial charge in [0, 0.05) is 6.54 Å². The molecule has 0 fully saturated rings.